The van der Waals surface area contributed by atoms with Crippen LogP contribution in [0.1, 0.15) is 12.5 Å². The second-order valence-electron chi connectivity index (χ2n) is 4.60. The van der Waals surface area contributed by atoms with Gasteiger partial charge in [0.05, 0.1) is 0 Å². The highest BCUT2D eigenvalue weighted by Crippen LogP contribution is 2.06. The molecule has 0 aliphatic carbocycles. The van der Waals surface area contributed by atoms with Gasteiger partial charge < -0.3 is 10.4 Å². The van der Waals surface area contributed by atoms with Gasteiger partial charge in [0.15, 0.2) is 6.19 Å². The molecule has 7 nitrogen and oxygen atoms in total. The monoisotopic (exact) mass is 315 g/mol. The number of nitrogens with one attached hydrogen (secondary N) is 1. The molecule has 0 bridgehead atoms. The summed E-state index contributed by atoms with van der Waals surface area (Å²) < 4.78 is 0. The highest BCUT2D eigenvalue weighted by Gasteiger charge is 2.25. The van der Waals surface area contributed by atoms with Gasteiger partial charge in [-0.1, -0.05) is 30.3 Å². The highest BCUT2D eigenvalue weighted by molar-refractivity contribution is 5.96. The molecule has 2 N–H and O–H groups in total. The normalized spacial score (nSPS) is 11.5. The lowest BCUT2D eigenvalue weighted by molar-refractivity contribution is -0.132. The zero-order valence-corrected chi connectivity index (χ0v) is 12.6. The largest absolute Gasteiger partial charge is 0.478 e. The van der Waals surface area contributed by atoms with Gasteiger partial charge in [-0.3, -0.25) is 9.59 Å². The topological polar surface area (TPSA) is 111 Å². The lowest BCUT2D eigenvalue weighted by Gasteiger charge is -2.21. The van der Waals surface area contributed by atoms with Crippen molar-refractivity contribution >= 4 is 17.8 Å². The van der Waals surface area contributed by atoms with Crippen LogP contribution in [0.3, 0.4) is 0 Å². The molecule has 1 aromatic carbocycles. The molecule has 2 amide bonds. The second kappa shape index (κ2) is 9.00. The van der Waals surface area contributed by atoms with E-state index in [9.17, 15) is 14.4 Å². The van der Waals surface area contributed by atoms with Crippen LogP contribution in [0, 0.1) is 11.5 Å². The van der Waals surface area contributed by atoms with Crippen LogP contribution in [0.15, 0.2) is 42.5 Å². The summed E-state index contributed by atoms with van der Waals surface area (Å²) in [5, 5.41) is 19.9. The van der Waals surface area contributed by atoms with E-state index in [2.05, 4.69) is 5.32 Å². The Morgan fingerprint density at radius 1 is 1.30 bits per heavy atom. The molecule has 0 aliphatic heterocycles. The maximum atomic E-state index is 12.3. The van der Waals surface area contributed by atoms with Crippen LogP contribution in [-0.4, -0.2) is 40.4 Å². The number of carbonyl (C=O) groups excluding carboxylic acids is 2. The van der Waals surface area contributed by atoms with Crippen LogP contribution in [-0.2, 0) is 20.8 Å². The predicted molar refractivity (Wildman–Crippen MR) is 81.9 cm³/mol. The van der Waals surface area contributed by atoms with Gasteiger partial charge in [0.1, 0.15) is 6.04 Å². The number of carbonyl (C=O) groups is 3. The van der Waals surface area contributed by atoms with Crippen LogP contribution in [0.2, 0.25) is 0 Å². The molecule has 0 aliphatic rings. The molecule has 0 aromatic heterocycles. The van der Waals surface area contributed by atoms with E-state index in [1.54, 1.807) is 37.4 Å². The van der Waals surface area contributed by atoms with Crippen molar-refractivity contribution in [1.82, 2.24) is 10.2 Å². The van der Waals surface area contributed by atoms with Gasteiger partial charge in [0, 0.05) is 25.1 Å². The van der Waals surface area contributed by atoms with Crippen molar-refractivity contribution in [3.8, 4) is 6.19 Å². The van der Waals surface area contributed by atoms with Gasteiger partial charge in [-0.25, -0.2) is 9.69 Å². The third-order valence-electron chi connectivity index (χ3n) is 2.98. The van der Waals surface area contributed by atoms with Crippen LogP contribution < -0.4 is 5.32 Å². The molecule has 0 saturated heterocycles. The maximum Gasteiger partial charge on any atom is 0.328 e. The molecule has 0 radical (unpaired) electrons. The van der Waals surface area contributed by atoms with E-state index in [1.807, 2.05) is 6.07 Å². The van der Waals surface area contributed by atoms with Gasteiger partial charge in [-0.05, 0) is 12.5 Å². The zero-order chi connectivity index (χ0) is 17.2. The number of carboxylic acids is 1. The number of amides is 2. The van der Waals surface area contributed by atoms with Crippen LogP contribution >= 0.6 is 0 Å². The number of hydrogen-bond donors (Lipinski definition) is 2. The molecule has 0 fully saturated rings. The molecule has 0 saturated carbocycles. The summed E-state index contributed by atoms with van der Waals surface area (Å²) >= 11 is 0. The molecule has 0 spiro atoms. The number of likely N-dealkylation sites (N-methyl/N-ethyl adjacent to an activating group) is 1. The summed E-state index contributed by atoms with van der Waals surface area (Å²) in [6, 6.07) is 8.05. The fraction of sp³-hybridized carbons (Fsp3) is 0.250. The summed E-state index contributed by atoms with van der Waals surface area (Å²) in [6.45, 7) is 1.83. The Morgan fingerprint density at radius 3 is 2.48 bits per heavy atom. The van der Waals surface area contributed by atoms with Crippen molar-refractivity contribution in [1.29, 1.82) is 5.26 Å². The van der Waals surface area contributed by atoms with Crippen molar-refractivity contribution in [2.75, 3.05) is 6.54 Å². The average Bonchev–Trinajstić information content (AvgIpc) is 2.54. The number of aliphatic carboxylic acids is 1. The summed E-state index contributed by atoms with van der Waals surface area (Å²) in [5.41, 5.74) is 0.808. The first kappa shape index (κ1) is 17.9. The zero-order valence-electron chi connectivity index (χ0n) is 12.6. The first-order chi connectivity index (χ1) is 11.0. The minimum Gasteiger partial charge on any atom is -0.478 e. The molecule has 1 unspecified atom stereocenters. The third-order valence-corrected chi connectivity index (χ3v) is 2.98. The Morgan fingerprint density at radius 2 is 1.96 bits per heavy atom. The van der Waals surface area contributed by atoms with Gasteiger partial charge in [0.25, 0.3) is 5.91 Å². The Hall–Kier alpha value is -3.14. The number of nitriles is 1. The maximum absolute atomic E-state index is 12.3. The fourth-order valence-electron chi connectivity index (χ4n) is 1.88. The van der Waals surface area contributed by atoms with Crippen molar-refractivity contribution in [3.63, 3.8) is 0 Å². The van der Waals surface area contributed by atoms with Crippen molar-refractivity contribution in [3.05, 3.63) is 48.0 Å². The number of benzene rings is 1. The van der Waals surface area contributed by atoms with Crippen LogP contribution in [0.25, 0.3) is 0 Å². The predicted octanol–water partition coefficient (Wildman–Crippen LogP) is 0.684. The molecule has 120 valence electrons. The van der Waals surface area contributed by atoms with E-state index in [0.29, 0.717) is 6.08 Å². The number of rotatable bonds is 7. The molecule has 1 atom stereocenters. The second-order valence-corrected chi connectivity index (χ2v) is 4.60. The van der Waals surface area contributed by atoms with Gasteiger partial charge in [-0.15, -0.1) is 0 Å². The third kappa shape index (κ3) is 6.01. The van der Waals surface area contributed by atoms with Crippen molar-refractivity contribution < 1.29 is 19.5 Å². The van der Waals surface area contributed by atoms with Gasteiger partial charge in [0.2, 0.25) is 5.91 Å². The summed E-state index contributed by atoms with van der Waals surface area (Å²) in [6.07, 6.45) is 3.47. The first-order valence-electron chi connectivity index (χ1n) is 6.94. The van der Waals surface area contributed by atoms with Crippen molar-refractivity contribution in [2.45, 2.75) is 19.4 Å². The summed E-state index contributed by atoms with van der Waals surface area (Å²) in [5.74, 6) is -2.52. The Labute approximate surface area is 133 Å². The van der Waals surface area contributed by atoms with Crippen LogP contribution in [0.4, 0.5) is 0 Å². The average molecular weight is 315 g/mol. The standard InChI is InChI=1S/C16H17N3O4/c1-2-19(11-17)16(23)13(10-12-6-4-3-5-7-12)18-14(20)8-9-15(21)22/h3-9,13H,2,10H2,1H3,(H,18,20)(H,21,22)/b9-8+. The highest BCUT2D eigenvalue weighted by atomic mass is 16.4. The number of hydrogen-bond acceptors (Lipinski definition) is 4. The van der Waals surface area contributed by atoms with Crippen molar-refractivity contribution in [2.24, 2.45) is 0 Å². The van der Waals surface area contributed by atoms with E-state index in [1.165, 1.54) is 0 Å². The summed E-state index contributed by atoms with van der Waals surface area (Å²) in [4.78, 5) is 35.4. The van der Waals surface area contributed by atoms with E-state index >= 15 is 0 Å². The minimum absolute atomic E-state index is 0.182. The lowest BCUT2D eigenvalue weighted by atomic mass is 10.0. The minimum atomic E-state index is -1.27. The quantitative estimate of drug-likeness (QED) is 0.437. The van der Waals surface area contributed by atoms with E-state index in [-0.39, 0.29) is 13.0 Å². The smallest absolute Gasteiger partial charge is 0.328 e. The number of carboxylic acid groups (broad SMARTS) is 1. The van der Waals surface area contributed by atoms with Crippen LogP contribution in [0.5, 0.6) is 0 Å². The van der Waals surface area contributed by atoms with E-state index in [4.69, 9.17) is 10.4 Å². The molecular weight excluding hydrogens is 298 g/mol. The Kier molecular flexibility index (Phi) is 7.01. The molecular formula is C16H17N3O4. The summed E-state index contributed by atoms with van der Waals surface area (Å²) in [7, 11) is 0. The molecule has 23 heavy (non-hydrogen) atoms. The molecule has 7 heteroatoms. The Bertz CT molecular complexity index is 634. The number of nitrogens with zero attached hydrogens (tertiary/aromatic N) is 2. The van der Waals surface area contributed by atoms with Gasteiger partial charge in [-0.2, -0.15) is 5.26 Å². The fourth-order valence-corrected chi connectivity index (χ4v) is 1.88. The molecule has 0 heterocycles. The molecule has 1 rings (SSSR count). The van der Waals surface area contributed by atoms with E-state index in [0.717, 1.165) is 16.5 Å². The lowest BCUT2D eigenvalue weighted by Crippen LogP contribution is -2.48. The first-order valence-corrected chi connectivity index (χ1v) is 6.94. The van der Waals surface area contributed by atoms with Gasteiger partial charge >= 0.3 is 5.97 Å². The Balaban J connectivity index is 2.92. The van der Waals surface area contributed by atoms with E-state index < -0.39 is 23.8 Å². The SMILES string of the molecule is CCN(C#N)C(=O)C(Cc1ccccc1)NC(=O)/C=C/C(=O)O. The molecule has 1 aromatic rings.